The molecule has 1 N–H and O–H groups in total. The second-order valence-electron chi connectivity index (χ2n) is 7.06. The van der Waals surface area contributed by atoms with Crippen LogP contribution in [0.5, 0.6) is 5.75 Å². The number of piperazine rings is 1. The van der Waals surface area contributed by atoms with Crippen molar-refractivity contribution in [2.45, 2.75) is 33.4 Å². The Morgan fingerprint density at radius 1 is 1.07 bits per heavy atom. The van der Waals surface area contributed by atoms with Crippen LogP contribution in [0.25, 0.3) is 0 Å². The highest BCUT2D eigenvalue weighted by Crippen LogP contribution is 2.33. The SMILES string of the molecule is CCN1CCN(C(c2ccc(Cl)cc2)c2c(O)cc(C)n(CC)c2=O)CC1. The highest BCUT2D eigenvalue weighted by atomic mass is 35.5. The van der Waals surface area contributed by atoms with Crippen molar-refractivity contribution >= 4 is 11.6 Å². The number of likely N-dealkylation sites (N-methyl/N-ethyl adjacent to an activating group) is 1. The average Bonchev–Trinajstić information content (AvgIpc) is 2.66. The lowest BCUT2D eigenvalue weighted by molar-refractivity contribution is 0.111. The Bertz CT molecular complexity index is 840. The molecule has 0 radical (unpaired) electrons. The first kappa shape index (κ1) is 19.9. The van der Waals surface area contributed by atoms with E-state index in [1.165, 1.54) is 0 Å². The first-order valence-electron chi connectivity index (χ1n) is 9.61. The maximum Gasteiger partial charge on any atom is 0.259 e. The first-order valence-corrected chi connectivity index (χ1v) is 9.99. The lowest BCUT2D eigenvalue weighted by Crippen LogP contribution is -2.48. The Morgan fingerprint density at radius 2 is 1.70 bits per heavy atom. The molecule has 0 spiro atoms. The van der Waals surface area contributed by atoms with Crippen LogP contribution in [0.4, 0.5) is 0 Å². The zero-order valence-corrected chi connectivity index (χ0v) is 17.0. The van der Waals surface area contributed by atoms with Crippen molar-refractivity contribution in [3.8, 4) is 5.75 Å². The van der Waals surface area contributed by atoms with E-state index in [0.29, 0.717) is 17.1 Å². The normalized spacial score (nSPS) is 17.2. The van der Waals surface area contributed by atoms with E-state index >= 15 is 0 Å². The predicted octanol–water partition coefficient (Wildman–Crippen LogP) is 3.26. The minimum Gasteiger partial charge on any atom is -0.507 e. The lowest BCUT2D eigenvalue weighted by atomic mass is 9.96. The number of aryl methyl sites for hydroxylation is 1. The van der Waals surface area contributed by atoms with Crippen LogP contribution < -0.4 is 5.56 Å². The molecule has 1 aliphatic heterocycles. The Kier molecular flexibility index (Phi) is 6.25. The molecule has 27 heavy (non-hydrogen) atoms. The molecular formula is C21H28ClN3O2. The third-order valence-corrected chi connectivity index (χ3v) is 5.77. The summed E-state index contributed by atoms with van der Waals surface area (Å²) in [6.45, 7) is 11.2. The summed E-state index contributed by atoms with van der Waals surface area (Å²) >= 11 is 6.08. The van der Waals surface area contributed by atoms with Crippen molar-refractivity contribution in [1.29, 1.82) is 0 Å². The summed E-state index contributed by atoms with van der Waals surface area (Å²) in [6, 6.07) is 9.01. The molecule has 146 valence electrons. The van der Waals surface area contributed by atoms with Gasteiger partial charge in [0.25, 0.3) is 5.56 Å². The molecule has 5 nitrogen and oxygen atoms in total. The summed E-state index contributed by atoms with van der Waals surface area (Å²) in [4.78, 5) is 17.9. The third-order valence-electron chi connectivity index (χ3n) is 5.52. The fourth-order valence-electron chi connectivity index (χ4n) is 3.96. The molecule has 2 aromatic rings. The van der Waals surface area contributed by atoms with E-state index < -0.39 is 0 Å². The molecule has 0 bridgehead atoms. The zero-order chi connectivity index (χ0) is 19.6. The second-order valence-corrected chi connectivity index (χ2v) is 7.49. The Hall–Kier alpha value is -1.82. The standard InChI is InChI=1S/C21H28ClN3O2/c1-4-23-10-12-24(13-11-23)20(16-6-8-17(22)9-7-16)19-18(26)14-15(3)25(5-2)21(19)27/h6-9,14,20,26H,4-5,10-13H2,1-3H3. The van der Waals surface area contributed by atoms with E-state index in [4.69, 9.17) is 11.6 Å². The highest BCUT2D eigenvalue weighted by Gasteiger charge is 2.31. The number of hydrogen-bond donors (Lipinski definition) is 1. The van der Waals surface area contributed by atoms with Crippen LogP contribution in [-0.4, -0.2) is 52.2 Å². The number of aromatic nitrogens is 1. The maximum absolute atomic E-state index is 13.2. The number of benzene rings is 1. The summed E-state index contributed by atoms with van der Waals surface area (Å²) in [5.74, 6) is 0.0695. The van der Waals surface area contributed by atoms with Gasteiger partial charge in [0.05, 0.1) is 11.6 Å². The number of rotatable bonds is 5. The minimum absolute atomic E-state index is 0.0695. The molecule has 1 unspecified atom stereocenters. The van der Waals surface area contributed by atoms with Crippen LogP contribution in [0.15, 0.2) is 35.1 Å². The molecule has 2 heterocycles. The Labute approximate surface area is 165 Å². The molecule has 0 saturated carbocycles. The molecule has 0 amide bonds. The zero-order valence-electron chi connectivity index (χ0n) is 16.3. The van der Waals surface area contributed by atoms with Crippen molar-refractivity contribution in [2.75, 3.05) is 32.7 Å². The van der Waals surface area contributed by atoms with Gasteiger partial charge >= 0.3 is 0 Å². The summed E-state index contributed by atoms with van der Waals surface area (Å²) < 4.78 is 1.72. The van der Waals surface area contributed by atoms with Crippen LogP contribution in [-0.2, 0) is 6.54 Å². The molecule has 1 saturated heterocycles. The number of aromatic hydroxyl groups is 1. The van der Waals surface area contributed by atoms with Gasteiger partial charge in [0.2, 0.25) is 0 Å². The molecule has 1 atom stereocenters. The summed E-state index contributed by atoms with van der Waals surface area (Å²) in [5, 5.41) is 11.4. The van der Waals surface area contributed by atoms with Gasteiger partial charge in [-0.25, -0.2) is 0 Å². The molecule has 1 aromatic carbocycles. The summed E-state index contributed by atoms with van der Waals surface area (Å²) in [5.41, 5.74) is 2.08. The number of nitrogens with zero attached hydrogens (tertiary/aromatic N) is 3. The van der Waals surface area contributed by atoms with Gasteiger partial charge in [0, 0.05) is 43.4 Å². The molecule has 0 aliphatic carbocycles. The van der Waals surface area contributed by atoms with Crippen molar-refractivity contribution in [2.24, 2.45) is 0 Å². The molecule has 1 aliphatic rings. The lowest BCUT2D eigenvalue weighted by Gasteiger charge is -2.39. The van der Waals surface area contributed by atoms with Crippen molar-refractivity contribution in [3.05, 3.63) is 62.5 Å². The highest BCUT2D eigenvalue weighted by molar-refractivity contribution is 6.30. The average molecular weight is 390 g/mol. The number of pyridine rings is 1. The summed E-state index contributed by atoms with van der Waals surface area (Å²) in [6.07, 6.45) is 0. The number of halogens is 1. The van der Waals surface area contributed by atoms with Gasteiger partial charge in [-0.15, -0.1) is 0 Å². The van der Waals surface area contributed by atoms with E-state index in [9.17, 15) is 9.90 Å². The van der Waals surface area contributed by atoms with E-state index in [1.807, 2.05) is 38.1 Å². The molecular weight excluding hydrogens is 362 g/mol. The number of hydrogen-bond acceptors (Lipinski definition) is 4. The van der Waals surface area contributed by atoms with Gasteiger partial charge in [-0.3, -0.25) is 9.69 Å². The van der Waals surface area contributed by atoms with Gasteiger partial charge < -0.3 is 14.6 Å². The second kappa shape index (κ2) is 8.46. The fraction of sp³-hybridized carbons (Fsp3) is 0.476. The van der Waals surface area contributed by atoms with Crippen LogP contribution >= 0.6 is 11.6 Å². The van der Waals surface area contributed by atoms with Crippen molar-refractivity contribution in [1.82, 2.24) is 14.4 Å². The van der Waals surface area contributed by atoms with Gasteiger partial charge in [-0.1, -0.05) is 30.7 Å². The molecule has 6 heteroatoms. The van der Waals surface area contributed by atoms with Crippen LogP contribution in [0.2, 0.25) is 5.02 Å². The minimum atomic E-state index is -0.285. The smallest absolute Gasteiger partial charge is 0.259 e. The molecule has 1 aromatic heterocycles. The van der Waals surface area contributed by atoms with Gasteiger partial charge in [-0.2, -0.15) is 0 Å². The Balaban J connectivity index is 2.11. The van der Waals surface area contributed by atoms with E-state index in [2.05, 4.69) is 16.7 Å². The molecule has 1 fully saturated rings. The maximum atomic E-state index is 13.2. The fourth-order valence-corrected chi connectivity index (χ4v) is 4.09. The van der Waals surface area contributed by atoms with E-state index in [0.717, 1.165) is 44.0 Å². The van der Waals surface area contributed by atoms with Crippen molar-refractivity contribution in [3.63, 3.8) is 0 Å². The summed E-state index contributed by atoms with van der Waals surface area (Å²) in [7, 11) is 0. The van der Waals surface area contributed by atoms with E-state index in [1.54, 1.807) is 10.6 Å². The monoisotopic (exact) mass is 389 g/mol. The molecule has 3 rings (SSSR count). The van der Waals surface area contributed by atoms with E-state index in [-0.39, 0.29) is 17.4 Å². The third kappa shape index (κ3) is 4.05. The van der Waals surface area contributed by atoms with Gasteiger partial charge in [-0.05, 0) is 44.2 Å². The van der Waals surface area contributed by atoms with Crippen LogP contribution in [0, 0.1) is 6.92 Å². The van der Waals surface area contributed by atoms with Gasteiger partial charge in [0.1, 0.15) is 5.75 Å². The topological polar surface area (TPSA) is 48.7 Å². The van der Waals surface area contributed by atoms with Gasteiger partial charge in [0.15, 0.2) is 0 Å². The predicted molar refractivity (Wildman–Crippen MR) is 110 cm³/mol. The first-order chi connectivity index (χ1) is 13.0. The van der Waals surface area contributed by atoms with Crippen molar-refractivity contribution < 1.29 is 5.11 Å². The van der Waals surface area contributed by atoms with Crippen LogP contribution in [0.1, 0.15) is 36.7 Å². The van der Waals surface area contributed by atoms with Crippen LogP contribution in [0.3, 0.4) is 0 Å². The quantitative estimate of drug-likeness (QED) is 0.852. The Morgan fingerprint density at radius 3 is 2.26 bits per heavy atom. The largest absolute Gasteiger partial charge is 0.507 e.